The van der Waals surface area contributed by atoms with Gasteiger partial charge in [-0.25, -0.2) is 19.6 Å². The van der Waals surface area contributed by atoms with E-state index in [9.17, 15) is 4.79 Å². The van der Waals surface area contributed by atoms with Crippen LogP contribution in [0.1, 0.15) is 23.9 Å². The summed E-state index contributed by atoms with van der Waals surface area (Å²) < 4.78 is 7.13. The summed E-state index contributed by atoms with van der Waals surface area (Å²) in [6.07, 6.45) is 3.26. The van der Waals surface area contributed by atoms with Crippen LogP contribution in [0.2, 0.25) is 0 Å². The Morgan fingerprint density at radius 3 is 2.63 bits per heavy atom. The van der Waals surface area contributed by atoms with E-state index in [2.05, 4.69) is 30.3 Å². The molecule has 0 saturated carbocycles. The maximum atomic E-state index is 12.5. The minimum Gasteiger partial charge on any atom is -0.478 e. The second-order valence-corrected chi connectivity index (χ2v) is 7.33. The van der Waals surface area contributed by atoms with Crippen molar-refractivity contribution in [1.29, 1.82) is 0 Å². The van der Waals surface area contributed by atoms with E-state index in [0.717, 1.165) is 28.6 Å². The standard InChI is InChI=1S/C21H25N7O2/c1-4-30-20-6-5-16(9-22-20)10-23-21(29)17-11-27(12-17)18-8-19(25-13-24-18)28-15(3)7-14(2)26-28/h5-9,13,17H,4,10-12H2,1-3H3,(H,23,29). The number of aryl methyl sites for hydroxylation is 2. The average Bonchev–Trinajstić information content (AvgIpc) is 3.05. The van der Waals surface area contributed by atoms with Crippen LogP contribution < -0.4 is 15.0 Å². The van der Waals surface area contributed by atoms with E-state index in [0.29, 0.717) is 32.1 Å². The van der Waals surface area contributed by atoms with E-state index in [1.165, 1.54) is 6.33 Å². The van der Waals surface area contributed by atoms with Crippen LogP contribution in [-0.2, 0) is 11.3 Å². The van der Waals surface area contributed by atoms with Gasteiger partial charge in [0.2, 0.25) is 11.8 Å². The van der Waals surface area contributed by atoms with Crippen LogP contribution in [0.4, 0.5) is 5.82 Å². The normalized spacial score (nSPS) is 13.8. The van der Waals surface area contributed by atoms with Crippen LogP contribution in [0.3, 0.4) is 0 Å². The van der Waals surface area contributed by atoms with Crippen molar-refractivity contribution >= 4 is 11.7 Å². The summed E-state index contributed by atoms with van der Waals surface area (Å²) in [5.74, 6) is 2.08. The summed E-state index contributed by atoms with van der Waals surface area (Å²) in [7, 11) is 0. The molecule has 1 aliphatic rings. The number of carbonyl (C=O) groups is 1. The number of anilines is 1. The summed E-state index contributed by atoms with van der Waals surface area (Å²) >= 11 is 0. The highest BCUT2D eigenvalue weighted by Crippen LogP contribution is 2.24. The van der Waals surface area contributed by atoms with Crippen molar-refractivity contribution in [2.24, 2.45) is 5.92 Å². The van der Waals surface area contributed by atoms with Crippen LogP contribution in [0.25, 0.3) is 5.82 Å². The molecule has 0 atom stereocenters. The lowest BCUT2D eigenvalue weighted by molar-refractivity contribution is -0.125. The molecule has 156 valence electrons. The molecule has 3 aromatic heterocycles. The molecule has 4 rings (SSSR count). The molecule has 1 saturated heterocycles. The van der Waals surface area contributed by atoms with E-state index < -0.39 is 0 Å². The summed E-state index contributed by atoms with van der Waals surface area (Å²) in [6, 6.07) is 7.63. The molecule has 0 radical (unpaired) electrons. The Balaban J connectivity index is 1.31. The van der Waals surface area contributed by atoms with E-state index in [1.807, 2.05) is 45.0 Å². The summed E-state index contributed by atoms with van der Waals surface area (Å²) in [4.78, 5) is 27.4. The first-order valence-corrected chi connectivity index (χ1v) is 9.99. The minimum atomic E-state index is -0.0623. The molecule has 0 bridgehead atoms. The van der Waals surface area contributed by atoms with Crippen molar-refractivity contribution in [2.75, 3.05) is 24.6 Å². The second kappa shape index (κ2) is 8.48. The molecule has 0 unspecified atom stereocenters. The highest BCUT2D eigenvalue weighted by Gasteiger charge is 2.33. The van der Waals surface area contributed by atoms with Crippen molar-refractivity contribution in [3.05, 3.63) is 53.7 Å². The predicted octanol–water partition coefficient (Wildman–Crippen LogP) is 1.83. The van der Waals surface area contributed by atoms with Crippen molar-refractivity contribution < 1.29 is 9.53 Å². The van der Waals surface area contributed by atoms with Crippen LogP contribution >= 0.6 is 0 Å². The zero-order chi connectivity index (χ0) is 21.1. The summed E-state index contributed by atoms with van der Waals surface area (Å²) in [5, 5.41) is 7.45. The lowest BCUT2D eigenvalue weighted by Crippen LogP contribution is -2.54. The fraction of sp³-hybridized carbons (Fsp3) is 0.381. The molecule has 3 aromatic rings. The molecule has 9 heteroatoms. The number of nitrogens with zero attached hydrogens (tertiary/aromatic N) is 6. The van der Waals surface area contributed by atoms with Gasteiger partial charge in [-0.2, -0.15) is 5.10 Å². The van der Waals surface area contributed by atoms with E-state index in [1.54, 1.807) is 10.9 Å². The fourth-order valence-corrected chi connectivity index (χ4v) is 3.40. The van der Waals surface area contributed by atoms with Crippen molar-refractivity contribution in [3.8, 4) is 11.7 Å². The first-order valence-electron chi connectivity index (χ1n) is 9.99. The molecule has 0 spiro atoms. The fourth-order valence-electron chi connectivity index (χ4n) is 3.40. The Bertz CT molecular complexity index is 1030. The third kappa shape index (κ3) is 4.24. The number of aromatic nitrogens is 5. The maximum Gasteiger partial charge on any atom is 0.226 e. The van der Waals surface area contributed by atoms with Gasteiger partial charge in [-0.3, -0.25) is 4.79 Å². The lowest BCUT2D eigenvalue weighted by Gasteiger charge is -2.39. The highest BCUT2D eigenvalue weighted by atomic mass is 16.5. The van der Waals surface area contributed by atoms with Gasteiger partial charge in [0.05, 0.1) is 18.2 Å². The van der Waals surface area contributed by atoms with Crippen molar-refractivity contribution in [2.45, 2.75) is 27.3 Å². The molecular weight excluding hydrogens is 382 g/mol. The molecule has 1 fully saturated rings. The van der Waals surface area contributed by atoms with E-state index >= 15 is 0 Å². The lowest BCUT2D eigenvalue weighted by atomic mass is 9.99. The predicted molar refractivity (Wildman–Crippen MR) is 112 cm³/mol. The first kappa shape index (κ1) is 19.8. The highest BCUT2D eigenvalue weighted by molar-refractivity contribution is 5.81. The van der Waals surface area contributed by atoms with Crippen molar-refractivity contribution in [3.63, 3.8) is 0 Å². The number of carbonyl (C=O) groups excluding carboxylic acids is 1. The largest absolute Gasteiger partial charge is 0.478 e. The smallest absolute Gasteiger partial charge is 0.226 e. The minimum absolute atomic E-state index is 0.0351. The second-order valence-electron chi connectivity index (χ2n) is 7.33. The van der Waals surface area contributed by atoms with Crippen LogP contribution in [0.5, 0.6) is 5.88 Å². The Morgan fingerprint density at radius 1 is 1.17 bits per heavy atom. The number of hydrogen-bond acceptors (Lipinski definition) is 7. The number of nitrogens with one attached hydrogen (secondary N) is 1. The molecule has 30 heavy (non-hydrogen) atoms. The maximum absolute atomic E-state index is 12.5. The topological polar surface area (TPSA) is 98.1 Å². The molecule has 1 amide bonds. The van der Waals surface area contributed by atoms with Gasteiger partial charge in [0.25, 0.3) is 0 Å². The molecular formula is C21H25N7O2. The quantitative estimate of drug-likeness (QED) is 0.638. The number of hydrogen-bond donors (Lipinski definition) is 1. The zero-order valence-electron chi connectivity index (χ0n) is 17.4. The number of ether oxygens (including phenoxy) is 1. The molecule has 0 aromatic carbocycles. The Morgan fingerprint density at radius 2 is 1.97 bits per heavy atom. The van der Waals surface area contributed by atoms with Gasteiger partial charge in [-0.05, 0) is 32.4 Å². The van der Waals surface area contributed by atoms with Gasteiger partial charge in [0, 0.05) is 43.7 Å². The van der Waals surface area contributed by atoms with Crippen LogP contribution in [-0.4, -0.2) is 50.3 Å². The Hall–Kier alpha value is -3.49. The molecule has 1 aliphatic heterocycles. The monoisotopic (exact) mass is 407 g/mol. The summed E-state index contributed by atoms with van der Waals surface area (Å²) in [6.45, 7) is 8.14. The van der Waals surface area contributed by atoms with Gasteiger partial charge < -0.3 is 15.0 Å². The third-order valence-corrected chi connectivity index (χ3v) is 5.00. The van der Waals surface area contributed by atoms with Gasteiger partial charge >= 0.3 is 0 Å². The zero-order valence-corrected chi connectivity index (χ0v) is 17.4. The van der Waals surface area contributed by atoms with Gasteiger partial charge in [0.1, 0.15) is 12.1 Å². The molecule has 4 heterocycles. The average molecular weight is 407 g/mol. The Kier molecular flexibility index (Phi) is 5.60. The number of amides is 1. The molecule has 0 aliphatic carbocycles. The van der Waals surface area contributed by atoms with Gasteiger partial charge in [-0.1, -0.05) is 6.07 Å². The van der Waals surface area contributed by atoms with Crippen LogP contribution in [0.15, 0.2) is 36.8 Å². The molecule has 1 N–H and O–H groups in total. The first-order chi connectivity index (χ1) is 14.5. The third-order valence-electron chi connectivity index (χ3n) is 5.00. The summed E-state index contributed by atoms with van der Waals surface area (Å²) in [5.41, 5.74) is 2.89. The molecule has 9 nitrogen and oxygen atoms in total. The van der Waals surface area contributed by atoms with Gasteiger partial charge in [0.15, 0.2) is 5.82 Å². The van der Waals surface area contributed by atoms with E-state index in [4.69, 9.17) is 4.74 Å². The van der Waals surface area contributed by atoms with E-state index in [-0.39, 0.29) is 11.8 Å². The van der Waals surface area contributed by atoms with Gasteiger partial charge in [-0.15, -0.1) is 0 Å². The number of pyridine rings is 1. The van der Waals surface area contributed by atoms with Crippen LogP contribution in [0, 0.1) is 19.8 Å². The number of rotatable bonds is 7. The SMILES string of the molecule is CCOc1ccc(CNC(=O)C2CN(c3cc(-n4nc(C)cc4C)ncn3)C2)cn1. The van der Waals surface area contributed by atoms with Crippen molar-refractivity contribution in [1.82, 2.24) is 30.0 Å². The Labute approximate surface area is 175 Å².